The van der Waals surface area contributed by atoms with Gasteiger partial charge in [-0.05, 0) is 30.7 Å². The summed E-state index contributed by atoms with van der Waals surface area (Å²) < 4.78 is 19.5. The first-order valence-electron chi connectivity index (χ1n) is 9.02. The molecule has 2 N–H and O–H groups in total. The van der Waals surface area contributed by atoms with Crippen molar-refractivity contribution in [2.75, 3.05) is 32.6 Å². The monoisotopic (exact) mass is 373 g/mol. The average molecular weight is 373 g/mol. The van der Waals surface area contributed by atoms with Crippen molar-refractivity contribution in [1.82, 2.24) is 15.6 Å². The van der Waals surface area contributed by atoms with Gasteiger partial charge in [0.15, 0.2) is 17.5 Å². The fourth-order valence-electron chi connectivity index (χ4n) is 2.41. The summed E-state index contributed by atoms with van der Waals surface area (Å²) in [6, 6.07) is 12.3. The van der Waals surface area contributed by atoms with Gasteiger partial charge in [-0.1, -0.05) is 25.1 Å². The van der Waals surface area contributed by atoms with E-state index in [4.69, 9.17) is 4.74 Å². The molecule has 27 heavy (non-hydrogen) atoms. The van der Waals surface area contributed by atoms with Crippen LogP contribution in [0.4, 0.5) is 10.2 Å². The van der Waals surface area contributed by atoms with Crippen LogP contribution in [0.1, 0.15) is 19.0 Å². The SMILES string of the molecule is CCC(CNC(=NC)NCc1cccc(N(C)C)n1)Oc1ccccc1F. The Morgan fingerprint density at radius 1 is 1.19 bits per heavy atom. The van der Waals surface area contributed by atoms with Crippen LogP contribution in [0.15, 0.2) is 47.5 Å². The first-order chi connectivity index (χ1) is 13.0. The van der Waals surface area contributed by atoms with E-state index in [2.05, 4.69) is 20.6 Å². The summed E-state index contributed by atoms with van der Waals surface area (Å²) in [5.41, 5.74) is 0.916. The molecule has 0 aliphatic carbocycles. The first-order valence-corrected chi connectivity index (χ1v) is 9.02. The van der Waals surface area contributed by atoms with Crippen LogP contribution in [-0.4, -0.2) is 44.7 Å². The number of rotatable bonds is 8. The molecule has 1 heterocycles. The number of hydrogen-bond donors (Lipinski definition) is 2. The van der Waals surface area contributed by atoms with Crippen LogP contribution in [-0.2, 0) is 6.54 Å². The molecule has 0 fully saturated rings. The minimum atomic E-state index is -0.356. The maximum Gasteiger partial charge on any atom is 0.191 e. The van der Waals surface area contributed by atoms with Gasteiger partial charge in [0.25, 0.3) is 0 Å². The van der Waals surface area contributed by atoms with Gasteiger partial charge in [-0.25, -0.2) is 9.37 Å². The third kappa shape index (κ3) is 6.44. The smallest absolute Gasteiger partial charge is 0.191 e. The number of nitrogens with zero attached hydrogens (tertiary/aromatic N) is 3. The highest BCUT2D eigenvalue weighted by Gasteiger charge is 2.12. The lowest BCUT2D eigenvalue weighted by molar-refractivity contribution is 0.191. The fourth-order valence-corrected chi connectivity index (χ4v) is 2.41. The lowest BCUT2D eigenvalue weighted by atomic mass is 10.2. The molecule has 0 saturated carbocycles. The number of ether oxygens (including phenoxy) is 1. The van der Waals surface area contributed by atoms with Crippen LogP contribution in [0, 0.1) is 5.82 Å². The summed E-state index contributed by atoms with van der Waals surface area (Å²) in [7, 11) is 5.62. The zero-order chi connectivity index (χ0) is 19.6. The predicted molar refractivity (Wildman–Crippen MR) is 108 cm³/mol. The third-order valence-corrected chi connectivity index (χ3v) is 3.99. The molecule has 146 valence electrons. The Morgan fingerprint density at radius 2 is 1.96 bits per heavy atom. The van der Waals surface area contributed by atoms with Gasteiger partial charge in [-0.3, -0.25) is 4.99 Å². The Bertz CT molecular complexity index is 751. The maximum atomic E-state index is 13.8. The Labute approximate surface area is 160 Å². The van der Waals surface area contributed by atoms with E-state index in [1.807, 2.05) is 44.1 Å². The summed E-state index contributed by atoms with van der Waals surface area (Å²) in [5, 5.41) is 6.46. The lowest BCUT2D eigenvalue weighted by Gasteiger charge is -2.20. The predicted octanol–water partition coefficient (Wildman–Crippen LogP) is 2.81. The van der Waals surface area contributed by atoms with Gasteiger partial charge in [-0.15, -0.1) is 0 Å². The van der Waals surface area contributed by atoms with Crippen LogP contribution >= 0.6 is 0 Å². The molecule has 0 bridgehead atoms. The van der Waals surface area contributed by atoms with E-state index in [1.165, 1.54) is 6.07 Å². The van der Waals surface area contributed by atoms with Crippen molar-refractivity contribution in [2.24, 2.45) is 4.99 Å². The van der Waals surface area contributed by atoms with Crippen molar-refractivity contribution < 1.29 is 9.13 Å². The van der Waals surface area contributed by atoms with Crippen LogP contribution in [0.25, 0.3) is 0 Å². The Balaban J connectivity index is 1.87. The number of aliphatic imine (C=N–C) groups is 1. The van der Waals surface area contributed by atoms with Gasteiger partial charge in [0.05, 0.1) is 18.8 Å². The van der Waals surface area contributed by atoms with Gasteiger partial charge in [0, 0.05) is 21.1 Å². The number of guanidine groups is 1. The second kappa shape index (κ2) is 10.4. The van der Waals surface area contributed by atoms with E-state index >= 15 is 0 Å². The number of nitrogens with one attached hydrogen (secondary N) is 2. The summed E-state index contributed by atoms with van der Waals surface area (Å²) in [4.78, 5) is 10.7. The van der Waals surface area contributed by atoms with Crippen molar-refractivity contribution in [2.45, 2.75) is 26.0 Å². The molecule has 6 nitrogen and oxygen atoms in total. The average Bonchev–Trinajstić information content (AvgIpc) is 2.68. The van der Waals surface area contributed by atoms with Crippen LogP contribution in [0.5, 0.6) is 5.75 Å². The van der Waals surface area contributed by atoms with E-state index in [9.17, 15) is 4.39 Å². The quantitative estimate of drug-likeness (QED) is 0.550. The van der Waals surface area contributed by atoms with Gasteiger partial charge in [0.2, 0.25) is 0 Å². The van der Waals surface area contributed by atoms with Gasteiger partial charge >= 0.3 is 0 Å². The number of hydrogen-bond acceptors (Lipinski definition) is 4. The van der Waals surface area contributed by atoms with Gasteiger partial charge < -0.3 is 20.3 Å². The second-order valence-electron chi connectivity index (χ2n) is 6.27. The number of halogens is 1. The van der Waals surface area contributed by atoms with E-state index < -0.39 is 0 Å². The molecule has 0 saturated heterocycles. The molecule has 1 unspecified atom stereocenters. The molecule has 0 radical (unpaired) electrons. The molecular formula is C20H28FN5O. The zero-order valence-electron chi connectivity index (χ0n) is 16.4. The zero-order valence-corrected chi connectivity index (χ0v) is 16.4. The highest BCUT2D eigenvalue weighted by atomic mass is 19.1. The van der Waals surface area contributed by atoms with Crippen molar-refractivity contribution in [1.29, 1.82) is 0 Å². The summed E-state index contributed by atoms with van der Waals surface area (Å²) >= 11 is 0. The molecule has 1 atom stereocenters. The van der Waals surface area contributed by atoms with Crippen LogP contribution in [0.3, 0.4) is 0 Å². The summed E-state index contributed by atoms with van der Waals surface area (Å²) in [6.45, 7) is 3.06. The molecular weight excluding hydrogens is 345 g/mol. The molecule has 0 aliphatic rings. The highest BCUT2D eigenvalue weighted by molar-refractivity contribution is 5.79. The molecule has 7 heteroatoms. The van der Waals surface area contributed by atoms with Crippen molar-refractivity contribution in [3.63, 3.8) is 0 Å². The first kappa shape index (κ1) is 20.5. The van der Waals surface area contributed by atoms with E-state index in [0.717, 1.165) is 17.9 Å². The standard InChI is InChI=1S/C20H28FN5O/c1-5-16(27-18-11-7-6-10-17(18)21)14-24-20(22-2)23-13-15-9-8-12-19(25-15)26(3)4/h6-12,16H,5,13-14H2,1-4H3,(H2,22,23,24). The van der Waals surface area contributed by atoms with E-state index in [-0.39, 0.29) is 17.7 Å². The largest absolute Gasteiger partial charge is 0.486 e. The minimum absolute atomic E-state index is 0.171. The number of aromatic nitrogens is 1. The van der Waals surface area contributed by atoms with Crippen molar-refractivity contribution >= 4 is 11.8 Å². The molecule has 0 spiro atoms. The highest BCUT2D eigenvalue weighted by Crippen LogP contribution is 2.17. The van der Waals surface area contributed by atoms with Crippen LogP contribution in [0.2, 0.25) is 0 Å². The molecule has 1 aromatic heterocycles. The normalized spacial score (nSPS) is 12.4. The fraction of sp³-hybridized carbons (Fsp3) is 0.400. The molecule has 2 rings (SSSR count). The van der Waals surface area contributed by atoms with Crippen molar-refractivity contribution in [3.05, 3.63) is 54.0 Å². The Hall–Kier alpha value is -2.83. The Kier molecular flexibility index (Phi) is 7.85. The topological polar surface area (TPSA) is 61.8 Å². The van der Waals surface area contributed by atoms with Gasteiger partial charge in [0.1, 0.15) is 11.9 Å². The second-order valence-corrected chi connectivity index (χ2v) is 6.27. The number of anilines is 1. The van der Waals surface area contributed by atoms with E-state index in [0.29, 0.717) is 19.0 Å². The van der Waals surface area contributed by atoms with Gasteiger partial charge in [-0.2, -0.15) is 0 Å². The maximum absolute atomic E-state index is 13.8. The molecule has 2 aromatic rings. The molecule has 0 aliphatic heterocycles. The third-order valence-electron chi connectivity index (χ3n) is 3.99. The minimum Gasteiger partial charge on any atom is -0.486 e. The number of benzene rings is 1. The molecule has 0 amide bonds. The van der Waals surface area contributed by atoms with Crippen LogP contribution < -0.4 is 20.3 Å². The summed E-state index contributed by atoms with van der Waals surface area (Å²) in [6.07, 6.45) is 0.570. The van der Waals surface area contributed by atoms with Crippen molar-refractivity contribution in [3.8, 4) is 5.75 Å². The Morgan fingerprint density at radius 3 is 2.63 bits per heavy atom. The number of para-hydroxylation sites is 1. The summed E-state index contributed by atoms with van der Waals surface area (Å²) in [5.74, 6) is 1.45. The number of pyridine rings is 1. The molecule has 1 aromatic carbocycles. The van der Waals surface area contributed by atoms with E-state index in [1.54, 1.807) is 25.2 Å². The lowest BCUT2D eigenvalue weighted by Crippen LogP contribution is -2.42.